The predicted octanol–water partition coefficient (Wildman–Crippen LogP) is -0.302. The molecular formula is C16H12N3NaO7S2. The molecular weight excluding hydrogens is 433 g/mol. The van der Waals surface area contributed by atoms with Gasteiger partial charge in [0, 0.05) is 5.39 Å². The van der Waals surface area contributed by atoms with Crippen LogP contribution in [0.1, 0.15) is 0 Å². The van der Waals surface area contributed by atoms with Crippen LogP contribution in [0.15, 0.2) is 68.6 Å². The Bertz CT molecular complexity index is 1330. The van der Waals surface area contributed by atoms with Crippen molar-refractivity contribution in [2.75, 3.05) is 5.73 Å². The maximum atomic E-state index is 11.5. The van der Waals surface area contributed by atoms with Gasteiger partial charge in [-0.3, -0.25) is 4.55 Å². The number of nitrogens with two attached hydrogens (primary N) is 1. The van der Waals surface area contributed by atoms with Gasteiger partial charge in [0.25, 0.3) is 10.1 Å². The molecule has 0 aliphatic heterocycles. The van der Waals surface area contributed by atoms with Gasteiger partial charge in [-0.2, -0.15) is 13.5 Å². The number of hydrogen-bond acceptors (Lipinski definition) is 9. The minimum atomic E-state index is -5.16. The molecule has 0 aliphatic carbocycles. The number of aromatic hydroxyl groups is 1. The van der Waals surface area contributed by atoms with Crippen LogP contribution in [0.4, 0.5) is 17.1 Å². The van der Waals surface area contributed by atoms with Crippen molar-refractivity contribution in [3.8, 4) is 5.75 Å². The average Bonchev–Trinajstić information content (AvgIpc) is 2.60. The minimum absolute atomic E-state index is 0. The van der Waals surface area contributed by atoms with Crippen LogP contribution in [0.2, 0.25) is 0 Å². The van der Waals surface area contributed by atoms with Gasteiger partial charge >= 0.3 is 29.6 Å². The second-order valence-electron chi connectivity index (χ2n) is 5.61. The third-order valence-electron chi connectivity index (χ3n) is 3.80. The van der Waals surface area contributed by atoms with E-state index in [1.165, 1.54) is 6.07 Å². The van der Waals surface area contributed by atoms with Gasteiger partial charge in [-0.15, -0.1) is 5.11 Å². The Morgan fingerprint density at radius 1 is 0.931 bits per heavy atom. The second-order valence-corrected chi connectivity index (χ2v) is 8.35. The molecule has 3 rings (SSSR count). The number of hydrogen-bond donors (Lipinski definition) is 3. The maximum Gasteiger partial charge on any atom is 1.00 e. The first-order valence-corrected chi connectivity index (χ1v) is 10.3. The molecule has 10 nitrogen and oxygen atoms in total. The molecule has 0 atom stereocenters. The van der Waals surface area contributed by atoms with E-state index in [2.05, 4.69) is 10.2 Å². The topological polar surface area (TPSA) is 183 Å². The van der Waals surface area contributed by atoms with Crippen LogP contribution >= 0.6 is 0 Å². The third kappa shape index (κ3) is 4.75. The molecule has 0 saturated carbocycles. The summed E-state index contributed by atoms with van der Waals surface area (Å²) in [5, 5.41) is 17.4. The summed E-state index contributed by atoms with van der Waals surface area (Å²) in [7, 11) is -10.1. The number of phenolic OH excluding ortho intramolecular Hbond substituents is 1. The Hall–Kier alpha value is -2.06. The first-order chi connectivity index (χ1) is 13.0. The van der Waals surface area contributed by atoms with Crippen molar-refractivity contribution in [2.24, 2.45) is 10.2 Å². The quantitative estimate of drug-likeness (QED) is 0.211. The fourth-order valence-electron chi connectivity index (χ4n) is 2.56. The molecule has 0 saturated heterocycles. The minimum Gasteiger partial charge on any atom is -0.744 e. The molecule has 0 heterocycles. The number of phenols is 1. The summed E-state index contributed by atoms with van der Waals surface area (Å²) in [6.07, 6.45) is 0. The molecule has 29 heavy (non-hydrogen) atoms. The summed E-state index contributed by atoms with van der Waals surface area (Å²) in [5.41, 5.74) is 5.37. The molecule has 0 aliphatic rings. The van der Waals surface area contributed by atoms with Crippen LogP contribution in [-0.4, -0.2) is 31.0 Å². The maximum absolute atomic E-state index is 11.5. The van der Waals surface area contributed by atoms with Gasteiger partial charge in [0.1, 0.15) is 20.7 Å². The predicted molar refractivity (Wildman–Crippen MR) is 98.4 cm³/mol. The fourth-order valence-corrected chi connectivity index (χ4v) is 3.99. The number of benzene rings is 3. The SMILES string of the molecule is Nc1c(S(=O)(=O)O)cc(S(=O)(=O)[O-])c2ccc(N=Nc3ccccc3)c(O)c12.[Na+]. The molecule has 13 heteroatoms. The summed E-state index contributed by atoms with van der Waals surface area (Å²) < 4.78 is 67.0. The Balaban J connectivity index is 0.00000300. The zero-order valence-electron chi connectivity index (χ0n) is 14.8. The number of azo groups is 1. The smallest absolute Gasteiger partial charge is 0.744 e. The first-order valence-electron chi connectivity index (χ1n) is 7.48. The zero-order valence-corrected chi connectivity index (χ0v) is 18.5. The van der Waals surface area contributed by atoms with E-state index in [0.29, 0.717) is 11.8 Å². The van der Waals surface area contributed by atoms with E-state index in [1.807, 2.05) is 0 Å². The van der Waals surface area contributed by atoms with Crippen molar-refractivity contribution in [3.05, 3.63) is 48.5 Å². The van der Waals surface area contributed by atoms with E-state index >= 15 is 0 Å². The molecule has 146 valence electrons. The van der Waals surface area contributed by atoms with Crippen molar-refractivity contribution in [1.82, 2.24) is 0 Å². The van der Waals surface area contributed by atoms with Crippen LogP contribution in [0, 0.1) is 0 Å². The molecule has 0 bridgehead atoms. The monoisotopic (exact) mass is 445 g/mol. The zero-order chi connectivity index (χ0) is 20.7. The summed E-state index contributed by atoms with van der Waals surface area (Å²) >= 11 is 0. The van der Waals surface area contributed by atoms with Gasteiger partial charge < -0.3 is 15.4 Å². The summed E-state index contributed by atoms with van der Waals surface area (Å²) in [6, 6.07) is 11.2. The van der Waals surface area contributed by atoms with Crippen LogP contribution in [0.3, 0.4) is 0 Å². The van der Waals surface area contributed by atoms with E-state index < -0.39 is 46.9 Å². The summed E-state index contributed by atoms with van der Waals surface area (Å²) in [4.78, 5) is -1.99. The molecule has 3 aromatic carbocycles. The number of fused-ring (bicyclic) bond motifs is 1. The van der Waals surface area contributed by atoms with Crippen LogP contribution < -0.4 is 35.3 Å². The van der Waals surface area contributed by atoms with Gasteiger partial charge in [-0.1, -0.05) is 24.3 Å². The van der Waals surface area contributed by atoms with Crippen molar-refractivity contribution in [1.29, 1.82) is 0 Å². The van der Waals surface area contributed by atoms with Crippen molar-refractivity contribution >= 4 is 48.1 Å². The molecule has 0 radical (unpaired) electrons. The molecule has 0 aromatic heterocycles. The van der Waals surface area contributed by atoms with E-state index in [-0.39, 0.29) is 40.6 Å². The van der Waals surface area contributed by atoms with Crippen LogP contribution in [-0.2, 0) is 20.2 Å². The van der Waals surface area contributed by atoms with E-state index in [0.717, 1.165) is 6.07 Å². The first kappa shape index (κ1) is 23.2. The molecule has 0 amide bonds. The molecule has 0 spiro atoms. The fraction of sp³-hybridized carbons (Fsp3) is 0. The van der Waals surface area contributed by atoms with Gasteiger partial charge in [-0.05, 0) is 24.3 Å². The van der Waals surface area contributed by atoms with Crippen molar-refractivity contribution in [2.45, 2.75) is 9.79 Å². The number of nitrogen functional groups attached to an aromatic ring is 1. The normalized spacial score (nSPS) is 12.2. The van der Waals surface area contributed by atoms with E-state index in [4.69, 9.17) is 5.73 Å². The van der Waals surface area contributed by atoms with E-state index in [9.17, 15) is 31.0 Å². The Morgan fingerprint density at radius 2 is 1.55 bits per heavy atom. The summed E-state index contributed by atoms with van der Waals surface area (Å²) in [6.45, 7) is 0. The van der Waals surface area contributed by atoms with Gasteiger partial charge in [0.05, 0.1) is 21.7 Å². The van der Waals surface area contributed by atoms with Crippen LogP contribution in [0.5, 0.6) is 5.75 Å². The number of nitrogens with zero attached hydrogens (tertiary/aromatic N) is 2. The molecule has 0 unspecified atom stereocenters. The standard InChI is InChI=1S/C16H13N3O7S2.Na/c17-15-13(28(24,25)26)8-12(27(21,22)23)10-6-7-11(16(20)14(10)15)19-18-9-4-2-1-3-5-9;/h1-8,20H,17H2,(H,21,22,23)(H,24,25,26);/q;+1/p-1. The third-order valence-corrected chi connectivity index (χ3v) is 5.57. The van der Waals surface area contributed by atoms with Crippen molar-refractivity contribution in [3.63, 3.8) is 0 Å². The molecule has 4 N–H and O–H groups in total. The number of anilines is 1. The van der Waals surface area contributed by atoms with E-state index in [1.54, 1.807) is 30.3 Å². The largest absolute Gasteiger partial charge is 1.00 e. The Labute approximate surface area is 187 Å². The van der Waals surface area contributed by atoms with Gasteiger partial charge in [-0.25, -0.2) is 8.42 Å². The molecule has 3 aromatic rings. The second kappa shape index (κ2) is 8.36. The molecule has 0 fully saturated rings. The van der Waals surface area contributed by atoms with Crippen molar-refractivity contribution < 1.29 is 60.6 Å². The average molecular weight is 445 g/mol. The number of rotatable bonds is 4. The summed E-state index contributed by atoms with van der Waals surface area (Å²) in [5.74, 6) is -0.704. The van der Waals surface area contributed by atoms with Gasteiger partial charge in [0.15, 0.2) is 5.75 Å². The van der Waals surface area contributed by atoms with Crippen LogP contribution in [0.25, 0.3) is 10.8 Å². The Morgan fingerprint density at radius 3 is 2.10 bits per heavy atom. The Kier molecular flexibility index (Phi) is 6.69. The van der Waals surface area contributed by atoms with Gasteiger partial charge in [0.2, 0.25) is 0 Å².